The van der Waals surface area contributed by atoms with Gasteiger partial charge < -0.3 is 9.80 Å². The number of hydrogen-bond acceptors (Lipinski definition) is 7. The number of likely N-dealkylation sites (N-methyl/N-ethyl adjacent to an activating group) is 1. The Labute approximate surface area is 194 Å². The second-order valence-electron chi connectivity index (χ2n) is 8.20. The van der Waals surface area contributed by atoms with Gasteiger partial charge in [-0.15, -0.1) is 0 Å². The smallest absolute Gasteiger partial charge is 0.290 e. The second kappa shape index (κ2) is 8.57. The van der Waals surface area contributed by atoms with E-state index in [0.29, 0.717) is 27.7 Å². The Balaban J connectivity index is 1.54. The molecule has 0 bridgehead atoms. The number of rotatable bonds is 3. The third kappa shape index (κ3) is 4.34. The van der Waals surface area contributed by atoms with Crippen molar-refractivity contribution in [3.63, 3.8) is 0 Å². The molecule has 3 aromatic rings. The Hall–Kier alpha value is -3.30. The summed E-state index contributed by atoms with van der Waals surface area (Å²) in [5, 5.41) is 2.61. The predicted octanol–water partition coefficient (Wildman–Crippen LogP) is 3.82. The molecule has 5 rings (SSSR count). The van der Waals surface area contributed by atoms with Crippen LogP contribution < -0.4 is 10.2 Å². The maximum atomic E-state index is 15.2. The Morgan fingerprint density at radius 3 is 2.55 bits per heavy atom. The molecular formula is C24H22FN5O2S. The van der Waals surface area contributed by atoms with E-state index in [1.807, 2.05) is 30.3 Å². The predicted molar refractivity (Wildman–Crippen MR) is 128 cm³/mol. The summed E-state index contributed by atoms with van der Waals surface area (Å²) in [6.45, 7) is 5.18. The maximum absolute atomic E-state index is 15.2. The number of thioether (sulfide) groups is 1. The van der Waals surface area contributed by atoms with Crippen LogP contribution in [-0.2, 0) is 4.79 Å². The van der Waals surface area contributed by atoms with Crippen molar-refractivity contribution in [3.8, 4) is 11.3 Å². The maximum Gasteiger partial charge on any atom is 0.290 e. The van der Waals surface area contributed by atoms with E-state index in [1.165, 1.54) is 6.07 Å². The van der Waals surface area contributed by atoms with Gasteiger partial charge in [0, 0.05) is 37.1 Å². The van der Waals surface area contributed by atoms with Gasteiger partial charge in [0.25, 0.3) is 11.1 Å². The number of nitrogens with one attached hydrogen (secondary N) is 1. The van der Waals surface area contributed by atoms with Crippen molar-refractivity contribution in [3.05, 3.63) is 58.5 Å². The Morgan fingerprint density at radius 1 is 1.06 bits per heavy atom. The molecule has 0 aliphatic carbocycles. The van der Waals surface area contributed by atoms with Crippen LogP contribution in [0.25, 0.3) is 28.2 Å². The van der Waals surface area contributed by atoms with Gasteiger partial charge in [0.05, 0.1) is 21.8 Å². The molecule has 9 heteroatoms. The van der Waals surface area contributed by atoms with E-state index in [2.05, 4.69) is 32.1 Å². The standard InChI is InChI=1S/C24H22FN5O2S/c1-14-26-19-5-3-15(12-21-23(31)28-24(32)33-21)11-17(19)22(27-14)16-4-6-20(18(25)13-16)30-9-7-29(2)8-10-30/h3-6,11-13H,7-10H2,1-2H3,(H,28,31,32)/b21-12-. The monoisotopic (exact) mass is 463 g/mol. The molecule has 33 heavy (non-hydrogen) atoms. The van der Waals surface area contributed by atoms with Gasteiger partial charge in [-0.1, -0.05) is 12.1 Å². The molecule has 2 aromatic carbocycles. The van der Waals surface area contributed by atoms with E-state index in [-0.39, 0.29) is 11.1 Å². The van der Waals surface area contributed by atoms with Gasteiger partial charge in [-0.2, -0.15) is 0 Å². The van der Waals surface area contributed by atoms with Crippen LogP contribution in [0.5, 0.6) is 0 Å². The fourth-order valence-corrected chi connectivity index (χ4v) is 4.78. The summed E-state index contributed by atoms with van der Waals surface area (Å²) in [4.78, 5) is 37.1. The van der Waals surface area contributed by atoms with Gasteiger partial charge in [0.2, 0.25) is 0 Å². The van der Waals surface area contributed by atoms with Crippen LogP contribution in [0.4, 0.5) is 14.9 Å². The highest BCUT2D eigenvalue weighted by atomic mass is 32.2. The van der Waals surface area contributed by atoms with Crippen LogP contribution >= 0.6 is 11.8 Å². The second-order valence-corrected chi connectivity index (χ2v) is 9.22. The van der Waals surface area contributed by atoms with Gasteiger partial charge in [-0.3, -0.25) is 14.9 Å². The van der Waals surface area contributed by atoms with Crippen LogP contribution in [0.15, 0.2) is 41.3 Å². The topological polar surface area (TPSA) is 78.4 Å². The molecule has 1 aromatic heterocycles. The molecule has 0 radical (unpaired) electrons. The molecule has 0 unspecified atom stereocenters. The number of aromatic nitrogens is 2. The van der Waals surface area contributed by atoms with E-state index in [1.54, 1.807) is 13.0 Å². The Kier molecular flexibility index (Phi) is 5.59. The Morgan fingerprint density at radius 2 is 1.85 bits per heavy atom. The number of fused-ring (bicyclic) bond motifs is 1. The first-order valence-electron chi connectivity index (χ1n) is 10.6. The number of anilines is 1. The van der Waals surface area contributed by atoms with Crippen LogP contribution in [-0.4, -0.2) is 59.2 Å². The van der Waals surface area contributed by atoms with Crippen LogP contribution in [0.2, 0.25) is 0 Å². The van der Waals surface area contributed by atoms with Crippen LogP contribution in [0.3, 0.4) is 0 Å². The van der Waals surface area contributed by atoms with Crippen molar-refractivity contribution >= 4 is 45.6 Å². The van der Waals surface area contributed by atoms with E-state index < -0.39 is 5.91 Å². The number of carbonyl (C=O) groups excluding carboxylic acids is 2. The average Bonchev–Trinajstić information content (AvgIpc) is 3.10. The summed E-state index contributed by atoms with van der Waals surface area (Å²) in [6.07, 6.45) is 1.66. The molecule has 1 N–H and O–H groups in total. The van der Waals surface area contributed by atoms with Crippen molar-refractivity contribution in [1.82, 2.24) is 20.2 Å². The normalized spacial score (nSPS) is 18.4. The van der Waals surface area contributed by atoms with Gasteiger partial charge >= 0.3 is 0 Å². The van der Waals surface area contributed by atoms with Crippen molar-refractivity contribution in [2.75, 3.05) is 38.1 Å². The summed E-state index contributed by atoms with van der Waals surface area (Å²) >= 11 is 0.867. The van der Waals surface area contributed by atoms with Gasteiger partial charge in [-0.25, -0.2) is 14.4 Å². The van der Waals surface area contributed by atoms with Crippen molar-refractivity contribution in [2.45, 2.75) is 6.92 Å². The molecule has 2 fully saturated rings. The van der Waals surface area contributed by atoms with E-state index in [0.717, 1.165) is 54.4 Å². The molecular weight excluding hydrogens is 441 g/mol. The molecule has 0 saturated carbocycles. The summed E-state index contributed by atoms with van der Waals surface area (Å²) in [5.41, 5.74) is 3.34. The lowest BCUT2D eigenvalue weighted by Gasteiger charge is -2.34. The third-order valence-electron chi connectivity index (χ3n) is 5.84. The average molecular weight is 464 g/mol. The number of amides is 2. The number of piperazine rings is 1. The molecule has 2 aliphatic rings. The fraction of sp³-hybridized carbons (Fsp3) is 0.250. The number of imide groups is 1. The molecule has 168 valence electrons. The SMILES string of the molecule is Cc1nc(-c2ccc(N3CCN(C)CC3)c(F)c2)c2cc(/C=C3\SC(=O)NC3=O)ccc2n1. The summed E-state index contributed by atoms with van der Waals surface area (Å²) in [5.74, 6) is -0.104. The largest absolute Gasteiger partial charge is 0.367 e. The Bertz CT molecular complexity index is 1320. The zero-order chi connectivity index (χ0) is 23.1. The van der Waals surface area contributed by atoms with Crippen LogP contribution in [0.1, 0.15) is 11.4 Å². The lowest BCUT2D eigenvalue weighted by molar-refractivity contribution is -0.115. The van der Waals surface area contributed by atoms with Crippen LogP contribution in [0, 0.1) is 12.7 Å². The minimum absolute atomic E-state index is 0.280. The van der Waals surface area contributed by atoms with Crippen molar-refractivity contribution in [1.29, 1.82) is 0 Å². The van der Waals surface area contributed by atoms with Gasteiger partial charge in [-0.05, 0) is 61.6 Å². The van der Waals surface area contributed by atoms with Gasteiger partial charge in [0.1, 0.15) is 11.6 Å². The third-order valence-corrected chi connectivity index (χ3v) is 6.65. The molecule has 3 heterocycles. The number of nitrogens with zero attached hydrogens (tertiary/aromatic N) is 4. The molecule has 2 saturated heterocycles. The summed E-state index contributed by atoms with van der Waals surface area (Å²) in [6, 6.07) is 10.8. The number of carbonyl (C=O) groups is 2. The highest BCUT2D eigenvalue weighted by molar-refractivity contribution is 8.18. The highest BCUT2D eigenvalue weighted by Gasteiger charge is 2.25. The number of aryl methyl sites for hydroxylation is 1. The number of benzene rings is 2. The molecule has 2 amide bonds. The molecule has 2 aliphatic heterocycles. The minimum Gasteiger partial charge on any atom is -0.367 e. The first kappa shape index (κ1) is 21.5. The van der Waals surface area contributed by atoms with Crippen molar-refractivity contribution in [2.24, 2.45) is 0 Å². The molecule has 0 spiro atoms. The van der Waals surface area contributed by atoms with E-state index in [9.17, 15) is 9.59 Å². The summed E-state index contributed by atoms with van der Waals surface area (Å²) < 4.78 is 15.2. The lowest BCUT2D eigenvalue weighted by Crippen LogP contribution is -2.44. The highest BCUT2D eigenvalue weighted by Crippen LogP contribution is 2.32. The number of halogens is 1. The van der Waals surface area contributed by atoms with E-state index >= 15 is 4.39 Å². The fourth-order valence-electron chi connectivity index (χ4n) is 4.10. The first-order valence-corrected chi connectivity index (χ1v) is 11.5. The van der Waals surface area contributed by atoms with Crippen molar-refractivity contribution < 1.29 is 14.0 Å². The van der Waals surface area contributed by atoms with Gasteiger partial charge in [0.15, 0.2) is 0 Å². The molecule has 7 nitrogen and oxygen atoms in total. The van der Waals surface area contributed by atoms with E-state index in [4.69, 9.17) is 0 Å². The quantitative estimate of drug-likeness (QED) is 0.592. The summed E-state index contributed by atoms with van der Waals surface area (Å²) in [7, 11) is 2.07. The minimum atomic E-state index is -0.410. The zero-order valence-corrected chi connectivity index (χ0v) is 19.1. The lowest BCUT2D eigenvalue weighted by atomic mass is 10.0. The number of hydrogen-bond donors (Lipinski definition) is 1. The molecule has 0 atom stereocenters. The first-order chi connectivity index (χ1) is 15.9. The zero-order valence-electron chi connectivity index (χ0n) is 18.3.